The summed E-state index contributed by atoms with van der Waals surface area (Å²) in [5.74, 6) is -2.24. The number of nitrogens with zero attached hydrogens (tertiary/aromatic N) is 1. The van der Waals surface area contributed by atoms with Gasteiger partial charge in [-0.2, -0.15) is 13.2 Å². The van der Waals surface area contributed by atoms with Crippen molar-refractivity contribution in [3.8, 4) is 0 Å². The summed E-state index contributed by atoms with van der Waals surface area (Å²) in [6.07, 6.45) is -4.87. The highest BCUT2D eigenvalue weighted by atomic mass is 32.2. The fraction of sp³-hybridized carbons (Fsp3) is 0.200. The third kappa shape index (κ3) is 2.95. The number of alkyl halides is 3. The highest BCUT2D eigenvalue weighted by Crippen LogP contribution is 2.22. The predicted molar refractivity (Wildman–Crippen MR) is 58.9 cm³/mol. The van der Waals surface area contributed by atoms with Crippen LogP contribution in [0.15, 0.2) is 33.9 Å². The van der Waals surface area contributed by atoms with Gasteiger partial charge in [0, 0.05) is 0 Å². The smallest absolute Gasteiger partial charge is 0.431 e. The number of halogens is 3. The second-order valence-corrected chi connectivity index (χ2v) is 4.17. The first-order valence-corrected chi connectivity index (χ1v) is 5.79. The third-order valence-corrected chi connectivity index (χ3v) is 2.67. The zero-order chi connectivity index (χ0) is 13.2. The summed E-state index contributed by atoms with van der Waals surface area (Å²) in [5, 5.41) is 1.92. The van der Waals surface area contributed by atoms with E-state index in [1.807, 2.05) is 0 Å². The standard InChI is InChI=1S/C10H7F3N2O2S/c11-10(12,13)8(16)14-5-18-9-15-6-3-1-2-4-7(6)17-9/h1-4H,5H2,(H,14,16). The first-order valence-electron chi connectivity index (χ1n) is 4.80. The Morgan fingerprint density at radius 1 is 1.39 bits per heavy atom. The Morgan fingerprint density at radius 3 is 2.78 bits per heavy atom. The summed E-state index contributed by atoms with van der Waals surface area (Å²) in [5.41, 5.74) is 1.16. The molecule has 96 valence electrons. The summed E-state index contributed by atoms with van der Waals surface area (Å²) >= 11 is 0.881. The number of hydrogen-bond donors (Lipinski definition) is 1. The van der Waals surface area contributed by atoms with Gasteiger partial charge in [0.1, 0.15) is 5.52 Å². The Morgan fingerprint density at radius 2 is 2.11 bits per heavy atom. The van der Waals surface area contributed by atoms with Crippen LogP contribution in [0.5, 0.6) is 0 Å². The van der Waals surface area contributed by atoms with Gasteiger partial charge in [-0.3, -0.25) is 4.79 Å². The first-order chi connectivity index (χ1) is 8.47. The summed E-state index contributed by atoms with van der Waals surface area (Å²) in [6, 6.07) is 6.94. The number of fused-ring (bicyclic) bond motifs is 1. The van der Waals surface area contributed by atoms with Crippen molar-refractivity contribution in [1.82, 2.24) is 10.3 Å². The number of rotatable bonds is 3. The molecule has 1 aromatic carbocycles. The van der Waals surface area contributed by atoms with Gasteiger partial charge in [-0.25, -0.2) is 4.98 Å². The third-order valence-electron chi connectivity index (χ3n) is 1.96. The van der Waals surface area contributed by atoms with E-state index in [0.29, 0.717) is 11.1 Å². The lowest BCUT2D eigenvalue weighted by Gasteiger charge is -2.05. The summed E-state index contributed by atoms with van der Waals surface area (Å²) in [6.45, 7) is 0. The van der Waals surface area contributed by atoms with E-state index in [0.717, 1.165) is 11.8 Å². The molecule has 0 radical (unpaired) electrons. The lowest BCUT2D eigenvalue weighted by atomic mass is 10.3. The van der Waals surface area contributed by atoms with Crippen LogP contribution in [0.25, 0.3) is 11.1 Å². The molecule has 0 saturated heterocycles. The molecule has 0 aliphatic rings. The van der Waals surface area contributed by atoms with Gasteiger partial charge < -0.3 is 9.73 Å². The number of carbonyl (C=O) groups is 1. The van der Waals surface area contributed by atoms with Gasteiger partial charge in [-0.05, 0) is 23.9 Å². The molecule has 1 amide bonds. The largest absolute Gasteiger partial charge is 0.471 e. The average molecular weight is 276 g/mol. The van der Waals surface area contributed by atoms with E-state index in [2.05, 4.69) is 4.98 Å². The van der Waals surface area contributed by atoms with E-state index < -0.39 is 12.1 Å². The highest BCUT2D eigenvalue weighted by Gasteiger charge is 2.38. The minimum Gasteiger partial charge on any atom is -0.431 e. The normalized spacial score (nSPS) is 11.7. The molecule has 0 aliphatic heterocycles. The van der Waals surface area contributed by atoms with Crippen LogP contribution in [0, 0.1) is 0 Å². The lowest BCUT2D eigenvalue weighted by molar-refractivity contribution is -0.173. The quantitative estimate of drug-likeness (QED) is 0.691. The highest BCUT2D eigenvalue weighted by molar-refractivity contribution is 7.99. The van der Waals surface area contributed by atoms with Crippen molar-refractivity contribution in [3.63, 3.8) is 0 Å². The topological polar surface area (TPSA) is 55.1 Å². The molecule has 0 spiro atoms. The van der Waals surface area contributed by atoms with Crippen molar-refractivity contribution in [3.05, 3.63) is 24.3 Å². The number of hydrogen-bond acceptors (Lipinski definition) is 4. The molecule has 2 rings (SSSR count). The maximum Gasteiger partial charge on any atom is 0.471 e. The molecule has 18 heavy (non-hydrogen) atoms. The second kappa shape index (κ2) is 4.89. The number of carbonyl (C=O) groups excluding carboxylic acids is 1. The SMILES string of the molecule is O=C(NCSc1nc2ccccc2o1)C(F)(F)F. The van der Waals surface area contributed by atoms with Crippen molar-refractivity contribution in [1.29, 1.82) is 0 Å². The van der Waals surface area contributed by atoms with E-state index in [4.69, 9.17) is 4.42 Å². The molecular formula is C10H7F3N2O2S. The summed E-state index contributed by atoms with van der Waals surface area (Å²) in [7, 11) is 0. The number of amides is 1. The van der Waals surface area contributed by atoms with Crippen LogP contribution in [0.1, 0.15) is 0 Å². The van der Waals surface area contributed by atoms with E-state index in [1.165, 1.54) is 0 Å². The Bertz CT molecular complexity index is 534. The van der Waals surface area contributed by atoms with Crippen molar-refractivity contribution >= 4 is 28.8 Å². The molecule has 0 atom stereocenters. The molecule has 0 unspecified atom stereocenters. The summed E-state index contributed by atoms with van der Waals surface area (Å²) < 4.78 is 40.9. The number of nitrogens with one attached hydrogen (secondary N) is 1. The van der Waals surface area contributed by atoms with Crippen LogP contribution < -0.4 is 5.32 Å². The van der Waals surface area contributed by atoms with Crippen LogP contribution in [0.2, 0.25) is 0 Å². The molecule has 1 heterocycles. The van der Waals surface area contributed by atoms with Gasteiger partial charge in [0.15, 0.2) is 5.58 Å². The number of oxazole rings is 1. The van der Waals surface area contributed by atoms with Crippen molar-refractivity contribution in [2.75, 3.05) is 5.88 Å². The van der Waals surface area contributed by atoms with Gasteiger partial charge in [0.05, 0.1) is 5.88 Å². The van der Waals surface area contributed by atoms with E-state index >= 15 is 0 Å². The number of aromatic nitrogens is 1. The lowest BCUT2D eigenvalue weighted by Crippen LogP contribution is -2.36. The molecule has 2 aromatic rings. The molecular weight excluding hydrogens is 269 g/mol. The number of para-hydroxylation sites is 2. The Kier molecular flexibility index (Phi) is 3.46. The van der Waals surface area contributed by atoms with Gasteiger partial charge in [-0.15, -0.1) is 0 Å². The zero-order valence-electron chi connectivity index (χ0n) is 8.82. The van der Waals surface area contributed by atoms with Crippen LogP contribution in [-0.2, 0) is 4.79 Å². The van der Waals surface area contributed by atoms with Gasteiger partial charge in [-0.1, -0.05) is 12.1 Å². The van der Waals surface area contributed by atoms with Crippen LogP contribution >= 0.6 is 11.8 Å². The monoisotopic (exact) mass is 276 g/mol. The minimum absolute atomic E-state index is 0.207. The molecule has 0 fully saturated rings. The molecule has 8 heteroatoms. The minimum atomic E-state index is -4.87. The predicted octanol–water partition coefficient (Wildman–Crippen LogP) is 2.56. The molecule has 1 N–H and O–H groups in total. The fourth-order valence-electron chi connectivity index (χ4n) is 1.18. The summed E-state index contributed by atoms with van der Waals surface area (Å²) in [4.78, 5) is 14.6. The maximum atomic E-state index is 11.9. The first kappa shape index (κ1) is 12.7. The second-order valence-electron chi connectivity index (χ2n) is 3.24. The number of benzene rings is 1. The average Bonchev–Trinajstić information content (AvgIpc) is 2.70. The number of thioether (sulfide) groups is 1. The van der Waals surface area contributed by atoms with Gasteiger partial charge in [0.2, 0.25) is 0 Å². The van der Waals surface area contributed by atoms with Crippen LogP contribution in [0.3, 0.4) is 0 Å². The Hall–Kier alpha value is -1.70. The molecule has 0 bridgehead atoms. The molecule has 0 aliphatic carbocycles. The van der Waals surface area contributed by atoms with Crippen molar-refractivity contribution in [2.45, 2.75) is 11.4 Å². The Balaban J connectivity index is 1.93. The molecule has 1 aromatic heterocycles. The van der Waals surface area contributed by atoms with Crippen molar-refractivity contribution < 1.29 is 22.4 Å². The Labute approximate surface area is 104 Å². The van der Waals surface area contributed by atoms with E-state index in [1.54, 1.807) is 29.6 Å². The van der Waals surface area contributed by atoms with Crippen molar-refractivity contribution in [2.24, 2.45) is 0 Å². The molecule has 0 saturated carbocycles. The maximum absolute atomic E-state index is 11.9. The van der Waals surface area contributed by atoms with Gasteiger partial charge in [0.25, 0.3) is 5.22 Å². The molecule has 4 nitrogen and oxygen atoms in total. The van der Waals surface area contributed by atoms with Crippen LogP contribution in [0.4, 0.5) is 13.2 Å². The van der Waals surface area contributed by atoms with E-state index in [9.17, 15) is 18.0 Å². The van der Waals surface area contributed by atoms with Gasteiger partial charge >= 0.3 is 12.1 Å². The zero-order valence-corrected chi connectivity index (χ0v) is 9.64. The fourth-order valence-corrected chi connectivity index (χ4v) is 1.81. The van der Waals surface area contributed by atoms with E-state index in [-0.39, 0.29) is 11.1 Å². The van der Waals surface area contributed by atoms with Crippen LogP contribution in [-0.4, -0.2) is 22.9 Å².